The number of carbonyl (C=O) groups excluding carboxylic acids is 1. The molecule has 20 heavy (non-hydrogen) atoms. The third-order valence-corrected chi connectivity index (χ3v) is 6.01. The number of hydrogen-bond acceptors (Lipinski definition) is 2. The summed E-state index contributed by atoms with van der Waals surface area (Å²) >= 11 is 0. The maximum atomic E-state index is 13.1. The highest BCUT2D eigenvalue weighted by Crippen LogP contribution is 2.41. The number of carbonyl (C=O) groups is 1. The number of nitrogens with one attached hydrogen (secondary N) is 1. The fourth-order valence-electron chi connectivity index (χ4n) is 4.92. The molecule has 4 atom stereocenters. The third kappa shape index (κ3) is 2.18. The van der Waals surface area contributed by atoms with Crippen molar-refractivity contribution in [3.05, 3.63) is 0 Å². The predicted octanol–water partition coefficient (Wildman–Crippen LogP) is 3.29. The minimum absolute atomic E-state index is 0.191. The zero-order valence-electron chi connectivity index (χ0n) is 13.3. The highest BCUT2D eigenvalue weighted by atomic mass is 16.2. The van der Waals surface area contributed by atoms with Crippen molar-refractivity contribution >= 4 is 5.91 Å². The van der Waals surface area contributed by atoms with Gasteiger partial charge in [0.15, 0.2) is 0 Å². The van der Waals surface area contributed by atoms with Gasteiger partial charge in [-0.15, -0.1) is 0 Å². The number of nitrogens with zero attached hydrogens (tertiary/aromatic N) is 1. The molecule has 114 valence electrons. The minimum atomic E-state index is -0.191. The average Bonchev–Trinajstić information content (AvgIpc) is 2.99. The molecular weight excluding hydrogens is 248 g/mol. The van der Waals surface area contributed by atoms with Crippen LogP contribution in [0.1, 0.15) is 72.1 Å². The van der Waals surface area contributed by atoms with E-state index in [1.165, 1.54) is 32.1 Å². The molecule has 2 aliphatic carbocycles. The molecule has 3 nitrogen and oxygen atoms in total. The zero-order valence-corrected chi connectivity index (χ0v) is 13.3. The van der Waals surface area contributed by atoms with Gasteiger partial charge in [-0.05, 0) is 50.4 Å². The van der Waals surface area contributed by atoms with Gasteiger partial charge in [-0.2, -0.15) is 0 Å². The van der Waals surface area contributed by atoms with Gasteiger partial charge in [0.1, 0.15) is 0 Å². The highest BCUT2D eigenvalue weighted by molar-refractivity contribution is 5.89. The van der Waals surface area contributed by atoms with Crippen molar-refractivity contribution < 1.29 is 4.79 Å². The van der Waals surface area contributed by atoms with Gasteiger partial charge in [-0.25, -0.2) is 0 Å². The molecule has 0 aromatic heterocycles. The molecule has 1 amide bonds. The first-order valence-electron chi connectivity index (χ1n) is 8.68. The summed E-state index contributed by atoms with van der Waals surface area (Å²) in [5.74, 6) is 1.90. The molecule has 1 heterocycles. The summed E-state index contributed by atoms with van der Waals surface area (Å²) in [6.07, 6.45) is 9.59. The second-order valence-electron chi connectivity index (χ2n) is 7.53. The summed E-state index contributed by atoms with van der Waals surface area (Å²) in [6, 6.07) is 0.469. The van der Waals surface area contributed by atoms with E-state index >= 15 is 0 Å². The van der Waals surface area contributed by atoms with Gasteiger partial charge in [-0.1, -0.05) is 33.6 Å². The highest BCUT2D eigenvalue weighted by Gasteiger charge is 2.54. The van der Waals surface area contributed by atoms with Crippen molar-refractivity contribution in [2.24, 2.45) is 11.8 Å². The van der Waals surface area contributed by atoms with Crippen LogP contribution < -0.4 is 5.32 Å². The molecule has 4 unspecified atom stereocenters. The van der Waals surface area contributed by atoms with Crippen LogP contribution in [0.2, 0.25) is 0 Å². The van der Waals surface area contributed by atoms with E-state index in [0.29, 0.717) is 17.9 Å². The Labute approximate surface area is 123 Å². The van der Waals surface area contributed by atoms with Gasteiger partial charge in [0.2, 0.25) is 5.91 Å². The van der Waals surface area contributed by atoms with Gasteiger partial charge in [0.05, 0.1) is 11.7 Å². The molecule has 0 aromatic carbocycles. The molecule has 3 fully saturated rings. The minimum Gasteiger partial charge on any atom is -0.322 e. The SMILES string of the molecule is CCC1NC2(CCCC2)C(=O)N1C1CCC(C)CC1C. The van der Waals surface area contributed by atoms with Crippen molar-refractivity contribution in [3.8, 4) is 0 Å². The number of rotatable bonds is 2. The molecule has 3 aliphatic rings. The second kappa shape index (κ2) is 5.32. The first-order valence-corrected chi connectivity index (χ1v) is 8.68. The lowest BCUT2D eigenvalue weighted by molar-refractivity contribution is -0.137. The summed E-state index contributed by atoms with van der Waals surface area (Å²) in [6.45, 7) is 6.91. The van der Waals surface area contributed by atoms with Crippen molar-refractivity contribution in [1.82, 2.24) is 10.2 Å². The van der Waals surface area contributed by atoms with Crippen LogP contribution >= 0.6 is 0 Å². The molecule has 1 N–H and O–H groups in total. The predicted molar refractivity (Wildman–Crippen MR) is 81.2 cm³/mol. The van der Waals surface area contributed by atoms with Gasteiger partial charge in [0.25, 0.3) is 0 Å². The normalized spacial score (nSPS) is 40.8. The summed E-state index contributed by atoms with van der Waals surface area (Å²) in [4.78, 5) is 15.4. The van der Waals surface area contributed by atoms with E-state index in [1.807, 2.05) is 0 Å². The van der Waals surface area contributed by atoms with Gasteiger partial charge in [-0.3, -0.25) is 10.1 Å². The molecule has 1 spiro atoms. The van der Waals surface area contributed by atoms with Gasteiger partial charge < -0.3 is 4.90 Å². The summed E-state index contributed by atoms with van der Waals surface area (Å²) in [5, 5.41) is 3.72. The van der Waals surface area contributed by atoms with Crippen LogP contribution in [0, 0.1) is 11.8 Å². The number of hydrogen-bond donors (Lipinski definition) is 1. The fourth-order valence-corrected chi connectivity index (χ4v) is 4.92. The van der Waals surface area contributed by atoms with Crippen LogP contribution in [0.5, 0.6) is 0 Å². The van der Waals surface area contributed by atoms with Crippen LogP contribution in [-0.4, -0.2) is 28.6 Å². The Balaban J connectivity index is 1.82. The monoisotopic (exact) mass is 278 g/mol. The van der Waals surface area contributed by atoms with E-state index < -0.39 is 0 Å². The summed E-state index contributed by atoms with van der Waals surface area (Å²) < 4.78 is 0. The first kappa shape index (κ1) is 14.4. The van der Waals surface area contributed by atoms with E-state index in [4.69, 9.17) is 0 Å². The fraction of sp³-hybridized carbons (Fsp3) is 0.941. The Morgan fingerprint density at radius 2 is 1.95 bits per heavy atom. The molecule has 3 heteroatoms. The van der Waals surface area contributed by atoms with Crippen molar-refractivity contribution in [2.75, 3.05) is 0 Å². The smallest absolute Gasteiger partial charge is 0.244 e. The molecule has 0 aromatic rings. The molecule has 0 bridgehead atoms. The second-order valence-corrected chi connectivity index (χ2v) is 7.53. The van der Waals surface area contributed by atoms with E-state index in [0.717, 1.165) is 25.2 Å². The van der Waals surface area contributed by atoms with Crippen LogP contribution in [0.25, 0.3) is 0 Å². The van der Waals surface area contributed by atoms with Crippen LogP contribution in [0.15, 0.2) is 0 Å². The lowest BCUT2D eigenvalue weighted by Crippen LogP contribution is -2.49. The standard InChI is InChI=1S/C17H30N2O/c1-4-15-18-17(9-5-6-10-17)16(20)19(15)14-8-7-12(2)11-13(14)3/h12-15,18H,4-11H2,1-3H3. The van der Waals surface area contributed by atoms with Gasteiger partial charge >= 0.3 is 0 Å². The number of amides is 1. The van der Waals surface area contributed by atoms with Crippen molar-refractivity contribution in [1.29, 1.82) is 0 Å². The first-order chi connectivity index (χ1) is 9.57. The topological polar surface area (TPSA) is 32.3 Å². The van der Waals surface area contributed by atoms with Crippen LogP contribution in [-0.2, 0) is 4.79 Å². The molecule has 3 rings (SSSR count). The van der Waals surface area contributed by atoms with E-state index in [1.54, 1.807) is 0 Å². The van der Waals surface area contributed by atoms with E-state index in [2.05, 4.69) is 31.0 Å². The molecule has 0 radical (unpaired) electrons. The maximum absolute atomic E-state index is 13.1. The Hall–Kier alpha value is -0.570. The zero-order chi connectivity index (χ0) is 14.3. The average molecular weight is 278 g/mol. The van der Waals surface area contributed by atoms with E-state index in [9.17, 15) is 4.79 Å². The summed E-state index contributed by atoms with van der Waals surface area (Å²) in [7, 11) is 0. The van der Waals surface area contributed by atoms with E-state index in [-0.39, 0.29) is 11.7 Å². The lowest BCUT2D eigenvalue weighted by atomic mass is 9.78. The van der Waals surface area contributed by atoms with Crippen molar-refractivity contribution in [3.63, 3.8) is 0 Å². The molecule has 2 saturated carbocycles. The van der Waals surface area contributed by atoms with Crippen molar-refractivity contribution in [2.45, 2.75) is 89.9 Å². The third-order valence-electron chi connectivity index (χ3n) is 6.01. The largest absolute Gasteiger partial charge is 0.322 e. The Morgan fingerprint density at radius 1 is 1.25 bits per heavy atom. The van der Waals surface area contributed by atoms with Gasteiger partial charge in [0, 0.05) is 6.04 Å². The molecular formula is C17H30N2O. The molecule has 1 aliphatic heterocycles. The Bertz CT molecular complexity index is 375. The lowest BCUT2D eigenvalue weighted by Gasteiger charge is -2.41. The van der Waals surface area contributed by atoms with Crippen LogP contribution in [0.3, 0.4) is 0 Å². The van der Waals surface area contributed by atoms with Crippen LogP contribution in [0.4, 0.5) is 0 Å². The summed E-state index contributed by atoms with van der Waals surface area (Å²) in [5.41, 5.74) is -0.191. The Kier molecular flexibility index (Phi) is 3.83. The quantitative estimate of drug-likeness (QED) is 0.840. The molecule has 1 saturated heterocycles. The maximum Gasteiger partial charge on any atom is 0.244 e. The Morgan fingerprint density at radius 3 is 2.55 bits per heavy atom.